The van der Waals surface area contributed by atoms with Gasteiger partial charge in [0.25, 0.3) is 5.56 Å². The van der Waals surface area contributed by atoms with Crippen molar-refractivity contribution in [2.24, 2.45) is 0 Å². The lowest BCUT2D eigenvalue weighted by molar-refractivity contribution is 0.242. The van der Waals surface area contributed by atoms with E-state index in [0.717, 1.165) is 44.1 Å². The summed E-state index contributed by atoms with van der Waals surface area (Å²) in [5, 5.41) is 12.9. The number of piperazine rings is 1. The zero-order chi connectivity index (χ0) is 19.6. The third-order valence-corrected chi connectivity index (χ3v) is 5.20. The molecule has 4 aromatic rings. The van der Waals surface area contributed by atoms with Crippen molar-refractivity contribution < 1.29 is 0 Å². The van der Waals surface area contributed by atoms with Crippen LogP contribution in [0.15, 0.2) is 60.0 Å². The number of fused-ring (bicyclic) bond motifs is 1. The molecule has 4 aromatic heterocycles. The van der Waals surface area contributed by atoms with Crippen molar-refractivity contribution in [2.75, 3.05) is 37.6 Å². The molecule has 1 aliphatic rings. The quantitative estimate of drug-likeness (QED) is 0.483. The fourth-order valence-corrected chi connectivity index (χ4v) is 3.63. The molecular weight excluding hydrogens is 370 g/mol. The molecule has 0 unspecified atom stereocenters. The SMILES string of the molecule is O=c1ccc(-n2cccn2)nn1CCN1CCN(c2nccn3nccc23)CC1. The standard InChI is InChI=1S/C19H21N9O/c29-18-3-2-17(27-8-1-5-21-27)23-28(18)15-12-24-10-13-25(14-11-24)19-16-4-6-22-26(16)9-7-20-19/h1-9H,10-15H2. The molecule has 0 saturated carbocycles. The molecule has 1 aliphatic heterocycles. The minimum Gasteiger partial charge on any atom is -0.352 e. The van der Waals surface area contributed by atoms with Gasteiger partial charge in [0.05, 0.1) is 12.7 Å². The van der Waals surface area contributed by atoms with E-state index in [2.05, 4.69) is 30.1 Å². The molecule has 0 aromatic carbocycles. The fraction of sp³-hybridized carbons (Fsp3) is 0.316. The molecule has 0 radical (unpaired) electrons. The molecule has 0 spiro atoms. The van der Waals surface area contributed by atoms with Crippen molar-refractivity contribution in [1.82, 2.24) is 39.1 Å². The van der Waals surface area contributed by atoms with Crippen LogP contribution in [0.3, 0.4) is 0 Å². The number of aromatic nitrogens is 7. The Morgan fingerprint density at radius 1 is 0.897 bits per heavy atom. The average molecular weight is 391 g/mol. The van der Waals surface area contributed by atoms with Gasteiger partial charge in [-0.1, -0.05) is 0 Å². The van der Waals surface area contributed by atoms with E-state index in [1.165, 1.54) is 4.68 Å². The van der Waals surface area contributed by atoms with Crippen LogP contribution in [0.4, 0.5) is 5.82 Å². The maximum absolute atomic E-state index is 12.2. The van der Waals surface area contributed by atoms with Crippen LogP contribution in [-0.4, -0.2) is 71.8 Å². The molecule has 0 bridgehead atoms. The van der Waals surface area contributed by atoms with Gasteiger partial charge in [-0.05, 0) is 18.2 Å². The van der Waals surface area contributed by atoms with Gasteiger partial charge in [0.2, 0.25) is 0 Å². The van der Waals surface area contributed by atoms with E-state index >= 15 is 0 Å². The molecule has 10 heteroatoms. The fourth-order valence-electron chi connectivity index (χ4n) is 3.63. The van der Waals surface area contributed by atoms with Crippen molar-refractivity contribution >= 4 is 11.3 Å². The van der Waals surface area contributed by atoms with Gasteiger partial charge in [0, 0.05) is 63.6 Å². The first-order valence-corrected chi connectivity index (χ1v) is 9.62. The van der Waals surface area contributed by atoms with Crippen molar-refractivity contribution in [1.29, 1.82) is 0 Å². The minimum absolute atomic E-state index is 0.101. The highest BCUT2D eigenvalue weighted by Crippen LogP contribution is 2.19. The number of hydrogen-bond donors (Lipinski definition) is 0. The molecule has 29 heavy (non-hydrogen) atoms. The number of rotatable bonds is 5. The van der Waals surface area contributed by atoms with Crippen LogP contribution in [0, 0.1) is 0 Å². The molecule has 5 heterocycles. The lowest BCUT2D eigenvalue weighted by Gasteiger charge is -2.35. The predicted molar refractivity (Wildman–Crippen MR) is 107 cm³/mol. The molecule has 0 N–H and O–H groups in total. The van der Waals surface area contributed by atoms with Gasteiger partial charge in [0.1, 0.15) is 5.52 Å². The van der Waals surface area contributed by atoms with Crippen molar-refractivity contribution in [3.8, 4) is 5.82 Å². The number of hydrogen-bond acceptors (Lipinski definition) is 7. The molecule has 0 atom stereocenters. The first kappa shape index (κ1) is 17.6. The van der Waals surface area contributed by atoms with Crippen LogP contribution in [0.1, 0.15) is 0 Å². The third-order valence-electron chi connectivity index (χ3n) is 5.20. The molecule has 1 fully saturated rings. The van der Waals surface area contributed by atoms with E-state index in [-0.39, 0.29) is 5.56 Å². The summed E-state index contributed by atoms with van der Waals surface area (Å²) >= 11 is 0. The number of nitrogens with zero attached hydrogens (tertiary/aromatic N) is 9. The highest BCUT2D eigenvalue weighted by atomic mass is 16.1. The zero-order valence-electron chi connectivity index (χ0n) is 15.9. The van der Waals surface area contributed by atoms with E-state index < -0.39 is 0 Å². The largest absolute Gasteiger partial charge is 0.352 e. The normalized spacial score (nSPS) is 15.2. The smallest absolute Gasteiger partial charge is 0.266 e. The summed E-state index contributed by atoms with van der Waals surface area (Å²) < 4.78 is 5.01. The Bertz CT molecular complexity index is 1160. The molecule has 0 amide bonds. The van der Waals surface area contributed by atoms with Crippen LogP contribution in [0.5, 0.6) is 0 Å². The van der Waals surface area contributed by atoms with E-state index in [1.54, 1.807) is 35.4 Å². The predicted octanol–water partition coefficient (Wildman–Crippen LogP) is 0.294. The summed E-state index contributed by atoms with van der Waals surface area (Å²) in [5.74, 6) is 1.61. The summed E-state index contributed by atoms with van der Waals surface area (Å²) in [4.78, 5) is 21.4. The molecule has 0 aliphatic carbocycles. The van der Waals surface area contributed by atoms with Gasteiger partial charge in [-0.25, -0.2) is 18.9 Å². The average Bonchev–Trinajstić information content (AvgIpc) is 3.45. The Hall–Kier alpha value is -3.53. The Labute approximate surface area is 166 Å². The minimum atomic E-state index is -0.101. The topological polar surface area (TPSA) is 89.4 Å². The van der Waals surface area contributed by atoms with E-state index in [4.69, 9.17) is 0 Å². The van der Waals surface area contributed by atoms with Crippen LogP contribution in [-0.2, 0) is 6.54 Å². The summed E-state index contributed by atoms with van der Waals surface area (Å²) in [6.45, 7) is 4.90. The van der Waals surface area contributed by atoms with Gasteiger partial charge in [-0.3, -0.25) is 9.69 Å². The first-order valence-electron chi connectivity index (χ1n) is 9.62. The van der Waals surface area contributed by atoms with Crippen LogP contribution < -0.4 is 10.5 Å². The van der Waals surface area contributed by atoms with Crippen LogP contribution in [0.25, 0.3) is 11.3 Å². The van der Waals surface area contributed by atoms with E-state index in [0.29, 0.717) is 12.4 Å². The first-order chi connectivity index (χ1) is 14.3. The van der Waals surface area contributed by atoms with Crippen molar-refractivity contribution in [2.45, 2.75) is 6.54 Å². The second-order valence-corrected chi connectivity index (χ2v) is 6.94. The Morgan fingerprint density at radius 2 is 1.79 bits per heavy atom. The summed E-state index contributed by atoms with van der Waals surface area (Å²) in [5.41, 5.74) is 0.920. The molecule has 1 saturated heterocycles. The van der Waals surface area contributed by atoms with Gasteiger partial charge in [-0.2, -0.15) is 10.2 Å². The second kappa shape index (κ2) is 7.47. The van der Waals surface area contributed by atoms with Crippen molar-refractivity contribution in [3.05, 3.63) is 65.6 Å². The van der Waals surface area contributed by atoms with E-state index in [9.17, 15) is 4.79 Å². The van der Waals surface area contributed by atoms with Gasteiger partial charge < -0.3 is 4.90 Å². The summed E-state index contributed by atoms with van der Waals surface area (Å²) in [6, 6.07) is 7.05. The monoisotopic (exact) mass is 391 g/mol. The Kier molecular flexibility index (Phi) is 4.53. The Balaban J connectivity index is 1.22. The lowest BCUT2D eigenvalue weighted by Crippen LogP contribution is -2.48. The van der Waals surface area contributed by atoms with Gasteiger partial charge >= 0.3 is 0 Å². The zero-order valence-corrected chi connectivity index (χ0v) is 15.9. The van der Waals surface area contributed by atoms with E-state index in [1.807, 2.05) is 29.0 Å². The molecule has 5 rings (SSSR count). The molecule has 10 nitrogen and oxygen atoms in total. The Morgan fingerprint density at radius 3 is 2.62 bits per heavy atom. The number of anilines is 1. The summed E-state index contributed by atoms with van der Waals surface area (Å²) in [7, 11) is 0. The maximum Gasteiger partial charge on any atom is 0.266 e. The lowest BCUT2D eigenvalue weighted by atomic mass is 10.3. The maximum atomic E-state index is 12.2. The van der Waals surface area contributed by atoms with Gasteiger partial charge in [0.15, 0.2) is 11.6 Å². The highest BCUT2D eigenvalue weighted by molar-refractivity contribution is 5.68. The van der Waals surface area contributed by atoms with Crippen LogP contribution in [0.2, 0.25) is 0 Å². The van der Waals surface area contributed by atoms with Crippen LogP contribution >= 0.6 is 0 Å². The third kappa shape index (κ3) is 3.49. The highest BCUT2D eigenvalue weighted by Gasteiger charge is 2.20. The van der Waals surface area contributed by atoms with Crippen molar-refractivity contribution in [3.63, 3.8) is 0 Å². The molecule has 148 valence electrons. The molecular formula is C19H21N9O. The summed E-state index contributed by atoms with van der Waals surface area (Å²) in [6.07, 6.45) is 8.93. The van der Waals surface area contributed by atoms with Gasteiger partial charge in [-0.15, -0.1) is 5.10 Å². The second-order valence-electron chi connectivity index (χ2n) is 6.94.